The van der Waals surface area contributed by atoms with Crippen LogP contribution in [0.15, 0.2) is 4.99 Å². The molecular formula is C13H20N5+. The van der Waals surface area contributed by atoms with Crippen LogP contribution in [0, 0.1) is 34.5 Å². The van der Waals surface area contributed by atoms with Gasteiger partial charge in [0.25, 0.3) is 5.84 Å². The molecule has 0 aromatic carbocycles. The smallest absolute Gasteiger partial charge is 0.286 e. The van der Waals surface area contributed by atoms with Crippen LogP contribution in [0.2, 0.25) is 0 Å². The van der Waals surface area contributed by atoms with Crippen LogP contribution in [0.25, 0.3) is 0 Å². The van der Waals surface area contributed by atoms with Crippen LogP contribution < -0.4 is 10.7 Å². The van der Waals surface area contributed by atoms with Crippen LogP contribution in [0.1, 0.15) is 39.5 Å². The lowest BCUT2D eigenvalue weighted by Gasteiger charge is -2.15. The van der Waals surface area contributed by atoms with E-state index in [4.69, 9.17) is 16.3 Å². The van der Waals surface area contributed by atoms with Gasteiger partial charge in [0.05, 0.1) is 12.1 Å². The summed E-state index contributed by atoms with van der Waals surface area (Å²) in [7, 11) is 0. The molecule has 96 valence electrons. The molecule has 0 spiro atoms. The number of nitrogens with zero attached hydrogens (tertiary/aromatic N) is 3. The van der Waals surface area contributed by atoms with E-state index in [1.54, 1.807) is 0 Å². The van der Waals surface area contributed by atoms with Crippen molar-refractivity contribution in [3.8, 4) is 12.1 Å². The zero-order valence-electron chi connectivity index (χ0n) is 11.0. The Labute approximate surface area is 108 Å². The summed E-state index contributed by atoms with van der Waals surface area (Å²) in [5.41, 5.74) is 6.22. The second-order valence-electron chi connectivity index (χ2n) is 4.52. The summed E-state index contributed by atoms with van der Waals surface area (Å²) in [5, 5.41) is 17.8. The molecule has 0 radical (unpaired) electrons. The third kappa shape index (κ3) is 3.07. The molecule has 0 bridgehead atoms. The molecule has 5 nitrogen and oxygen atoms in total. The minimum Gasteiger partial charge on any atom is -0.286 e. The molecular weight excluding hydrogens is 226 g/mol. The van der Waals surface area contributed by atoms with Gasteiger partial charge in [0.15, 0.2) is 17.8 Å². The highest BCUT2D eigenvalue weighted by Gasteiger charge is 2.33. The van der Waals surface area contributed by atoms with Crippen LogP contribution in [-0.4, -0.2) is 17.7 Å². The molecule has 1 rings (SSSR count). The number of hydrogen-bond acceptors (Lipinski definition) is 4. The molecule has 0 amide bonds. The van der Waals surface area contributed by atoms with Gasteiger partial charge in [-0.25, -0.2) is 4.99 Å². The monoisotopic (exact) mass is 246 g/mol. The second-order valence-corrected chi connectivity index (χ2v) is 4.52. The Balaban J connectivity index is 2.83. The lowest BCUT2D eigenvalue weighted by molar-refractivity contribution is -0.507. The van der Waals surface area contributed by atoms with Crippen molar-refractivity contribution in [1.82, 2.24) is 0 Å². The normalized spacial score (nSPS) is 19.9. The number of aliphatic imine (C=N–C) groups is 1. The van der Waals surface area contributed by atoms with Crippen LogP contribution in [0.3, 0.4) is 0 Å². The number of nitrogens with two attached hydrogens (primary N) is 1. The van der Waals surface area contributed by atoms with Crippen molar-refractivity contribution in [2.45, 2.75) is 45.7 Å². The Morgan fingerprint density at radius 3 is 2.56 bits per heavy atom. The predicted molar refractivity (Wildman–Crippen MR) is 69.4 cm³/mol. The van der Waals surface area contributed by atoms with E-state index in [0.29, 0.717) is 17.5 Å². The van der Waals surface area contributed by atoms with E-state index in [1.165, 1.54) is 0 Å². The highest BCUT2D eigenvalue weighted by atomic mass is 15.1. The summed E-state index contributed by atoms with van der Waals surface area (Å²) < 4.78 is 0. The first-order valence-corrected chi connectivity index (χ1v) is 6.44. The fraction of sp³-hybridized carbons (Fsp3) is 0.692. The van der Waals surface area contributed by atoms with Crippen molar-refractivity contribution in [1.29, 1.82) is 10.5 Å². The molecule has 0 aromatic heterocycles. The number of nitrogens with one attached hydrogen (secondary N) is 1. The van der Waals surface area contributed by atoms with E-state index in [-0.39, 0.29) is 6.17 Å². The lowest BCUT2D eigenvalue weighted by Crippen LogP contribution is -2.80. The summed E-state index contributed by atoms with van der Waals surface area (Å²) in [6.07, 6.45) is 4.31. The van der Waals surface area contributed by atoms with Crippen LogP contribution in [-0.2, 0) is 0 Å². The van der Waals surface area contributed by atoms with Gasteiger partial charge >= 0.3 is 0 Å². The molecule has 0 fully saturated rings. The molecule has 3 N–H and O–H groups in total. The summed E-state index contributed by atoms with van der Waals surface area (Å²) in [5.74, 6) is -0.0896. The Morgan fingerprint density at radius 2 is 2.06 bits per heavy atom. The molecule has 18 heavy (non-hydrogen) atoms. The second kappa shape index (κ2) is 6.76. The van der Waals surface area contributed by atoms with Gasteiger partial charge in [-0.2, -0.15) is 10.5 Å². The first kappa shape index (κ1) is 14.2. The largest absolute Gasteiger partial charge is 0.291 e. The Bertz CT molecular complexity index is 410. The minimum absolute atomic E-state index is 0.0826. The number of rotatable bonds is 6. The Morgan fingerprint density at radius 1 is 1.39 bits per heavy atom. The standard InChI is InChI=1S/C13H19N5/c1-3-5-6-9(4-2)13-17-11(12(16)18-13)10(7-14)8-15/h9-10,13H,3-6H2,1-2H3,(H2,16,18)/p+1/t9-,13+/m1/s1. The van der Waals surface area contributed by atoms with E-state index in [9.17, 15) is 0 Å². The summed E-state index contributed by atoms with van der Waals surface area (Å²) in [6, 6.07) is 3.82. The van der Waals surface area contributed by atoms with Gasteiger partial charge in [0, 0.05) is 5.92 Å². The molecule has 0 aliphatic carbocycles. The van der Waals surface area contributed by atoms with E-state index in [1.807, 2.05) is 12.1 Å². The Kier molecular flexibility index (Phi) is 5.32. The molecule has 0 saturated carbocycles. The van der Waals surface area contributed by atoms with Gasteiger partial charge in [-0.3, -0.25) is 10.7 Å². The van der Waals surface area contributed by atoms with Gasteiger partial charge in [-0.15, -0.1) is 0 Å². The summed E-state index contributed by atoms with van der Waals surface area (Å²) in [6.45, 7) is 4.28. The number of unbranched alkanes of at least 4 members (excludes halogenated alkanes) is 1. The van der Waals surface area contributed by atoms with Crippen molar-refractivity contribution in [3.05, 3.63) is 0 Å². The average molecular weight is 246 g/mol. The molecule has 0 saturated heterocycles. The van der Waals surface area contributed by atoms with Gasteiger partial charge in [-0.1, -0.05) is 26.7 Å². The predicted octanol–water partition coefficient (Wildman–Crippen LogP) is 0.0847. The molecule has 1 aliphatic heterocycles. The number of nitriles is 2. The fourth-order valence-electron chi connectivity index (χ4n) is 2.14. The van der Waals surface area contributed by atoms with Gasteiger partial charge < -0.3 is 0 Å². The molecule has 5 heteroatoms. The molecule has 1 aliphatic rings. The van der Waals surface area contributed by atoms with Gasteiger partial charge in [0.1, 0.15) is 0 Å². The maximum atomic E-state index is 8.88. The third-order valence-corrected chi connectivity index (χ3v) is 3.29. The highest BCUT2D eigenvalue weighted by molar-refractivity contribution is 6.41. The van der Waals surface area contributed by atoms with Crippen molar-refractivity contribution >= 4 is 11.5 Å². The van der Waals surface area contributed by atoms with Gasteiger partial charge in [-0.05, 0) is 12.8 Å². The molecule has 2 atom stereocenters. The van der Waals surface area contributed by atoms with E-state index in [2.05, 4.69) is 23.8 Å². The van der Waals surface area contributed by atoms with Crippen LogP contribution in [0.5, 0.6) is 0 Å². The van der Waals surface area contributed by atoms with E-state index >= 15 is 0 Å². The minimum atomic E-state index is -0.869. The summed E-state index contributed by atoms with van der Waals surface area (Å²) in [4.78, 5) is 7.54. The maximum Gasteiger partial charge on any atom is 0.291 e. The van der Waals surface area contributed by atoms with Crippen LogP contribution in [0.4, 0.5) is 0 Å². The number of amidine groups is 1. The van der Waals surface area contributed by atoms with Crippen molar-refractivity contribution in [2.75, 3.05) is 0 Å². The average Bonchev–Trinajstić information content (AvgIpc) is 2.74. The topological polar surface area (TPSA) is 99.9 Å². The zero-order chi connectivity index (χ0) is 13.5. The van der Waals surface area contributed by atoms with E-state index in [0.717, 1.165) is 25.7 Å². The third-order valence-electron chi connectivity index (χ3n) is 3.29. The molecule has 0 aromatic rings. The quantitative estimate of drug-likeness (QED) is 0.694. The summed E-state index contributed by atoms with van der Waals surface area (Å²) >= 11 is 0. The highest BCUT2D eigenvalue weighted by Crippen LogP contribution is 2.17. The van der Waals surface area contributed by atoms with Crippen molar-refractivity contribution in [2.24, 2.45) is 22.6 Å². The first-order valence-electron chi connectivity index (χ1n) is 6.44. The van der Waals surface area contributed by atoms with Crippen molar-refractivity contribution in [3.63, 3.8) is 0 Å². The van der Waals surface area contributed by atoms with Crippen molar-refractivity contribution < 1.29 is 4.99 Å². The Hall–Kier alpha value is -1.88. The molecule has 0 unspecified atom stereocenters. The number of hydrogen-bond donors (Lipinski definition) is 2. The zero-order valence-corrected chi connectivity index (χ0v) is 11.0. The van der Waals surface area contributed by atoms with Gasteiger partial charge in [0.2, 0.25) is 0 Å². The van der Waals surface area contributed by atoms with Crippen LogP contribution >= 0.6 is 0 Å². The first-order chi connectivity index (χ1) is 8.67. The fourth-order valence-corrected chi connectivity index (χ4v) is 2.14. The maximum absolute atomic E-state index is 8.88. The molecule has 1 heterocycles. The SMILES string of the molecule is CCCC[C@@H](CC)[C@H]1N=C(C(C#N)C#N)C(N)=[NH+]1. The lowest BCUT2D eigenvalue weighted by atomic mass is 9.96. The van der Waals surface area contributed by atoms with E-state index < -0.39 is 5.92 Å².